The third-order valence-electron chi connectivity index (χ3n) is 2.30. The zero-order chi connectivity index (χ0) is 12.6. The molecule has 0 unspecified atom stereocenters. The first-order valence-corrected chi connectivity index (χ1v) is 5.58. The topological polar surface area (TPSA) is 107 Å². The number of aromatic carboxylic acids is 1. The molecule has 1 heterocycles. The van der Waals surface area contributed by atoms with Crippen LogP contribution in [0.3, 0.4) is 0 Å². The Labute approximate surface area is 96.7 Å². The summed E-state index contributed by atoms with van der Waals surface area (Å²) in [5.74, 6) is -1.66. The monoisotopic (exact) mass is 253 g/mol. The van der Waals surface area contributed by atoms with Gasteiger partial charge in [-0.05, 0) is 18.2 Å². The lowest BCUT2D eigenvalue weighted by Crippen LogP contribution is -2.00. The second-order valence-electron chi connectivity index (χ2n) is 3.30. The number of nitrogens with one attached hydrogen (secondary N) is 1. The molecule has 0 saturated heterocycles. The van der Waals surface area contributed by atoms with Crippen LogP contribution in [-0.2, 0) is 10.3 Å². The van der Waals surface area contributed by atoms with Crippen molar-refractivity contribution in [3.8, 4) is 17.0 Å². The third kappa shape index (κ3) is 1.87. The number of pyridine rings is 1. The molecular formula is C10H7NO5S. The average Bonchev–Trinajstić information content (AvgIpc) is 2.28. The molecule has 0 fully saturated rings. The molecule has 0 atom stereocenters. The molecule has 6 nitrogen and oxygen atoms in total. The summed E-state index contributed by atoms with van der Waals surface area (Å²) in [6, 6.07) is 3.94. The largest absolute Gasteiger partial charge is 0.506 e. The van der Waals surface area contributed by atoms with Gasteiger partial charge in [0.15, 0.2) is 0 Å². The highest BCUT2D eigenvalue weighted by atomic mass is 32.2. The van der Waals surface area contributed by atoms with Gasteiger partial charge in [0, 0.05) is 11.8 Å². The number of carboxylic acid groups (broad SMARTS) is 1. The van der Waals surface area contributed by atoms with Crippen molar-refractivity contribution in [1.29, 1.82) is 0 Å². The van der Waals surface area contributed by atoms with Gasteiger partial charge in [0.25, 0.3) is 0 Å². The van der Waals surface area contributed by atoms with Crippen LogP contribution in [0.15, 0.2) is 24.4 Å². The first-order valence-electron chi connectivity index (χ1n) is 4.50. The summed E-state index contributed by atoms with van der Waals surface area (Å²) >= 11 is 0. The van der Waals surface area contributed by atoms with E-state index >= 15 is 0 Å². The Morgan fingerprint density at radius 1 is 1.29 bits per heavy atom. The normalized spacial score (nSPS) is 10.4. The molecule has 2 rings (SSSR count). The smallest absolute Gasteiger partial charge is 0.341 e. The van der Waals surface area contributed by atoms with Gasteiger partial charge in [0.05, 0.1) is 10.2 Å². The fourth-order valence-corrected chi connectivity index (χ4v) is 1.87. The van der Waals surface area contributed by atoms with Crippen LogP contribution in [0, 0.1) is 4.51 Å². The van der Waals surface area contributed by atoms with Crippen LogP contribution in [0.25, 0.3) is 11.3 Å². The van der Waals surface area contributed by atoms with Crippen molar-refractivity contribution < 1.29 is 23.4 Å². The Morgan fingerprint density at radius 2 is 2.00 bits per heavy atom. The predicted octanol–water partition coefficient (Wildman–Crippen LogP) is 0.934. The maximum Gasteiger partial charge on any atom is 0.341 e. The molecular weight excluding hydrogens is 246 g/mol. The van der Waals surface area contributed by atoms with Crippen molar-refractivity contribution >= 4 is 16.3 Å². The van der Waals surface area contributed by atoms with Crippen molar-refractivity contribution in [3.63, 3.8) is 0 Å². The summed E-state index contributed by atoms with van der Waals surface area (Å²) < 4.78 is 21.5. The highest BCUT2D eigenvalue weighted by molar-refractivity contribution is 7.63. The highest BCUT2D eigenvalue weighted by Gasteiger charge is 2.16. The van der Waals surface area contributed by atoms with E-state index in [1.54, 1.807) is 0 Å². The maximum atomic E-state index is 10.8. The number of aromatic amines is 1. The minimum atomic E-state index is -2.37. The van der Waals surface area contributed by atoms with Crippen molar-refractivity contribution in [2.75, 3.05) is 0 Å². The number of benzene rings is 1. The van der Waals surface area contributed by atoms with Crippen LogP contribution in [0.2, 0.25) is 0 Å². The molecule has 0 aromatic heterocycles. The highest BCUT2D eigenvalue weighted by Crippen LogP contribution is 2.31. The van der Waals surface area contributed by atoms with E-state index in [0.29, 0.717) is 5.69 Å². The first-order chi connectivity index (χ1) is 8.00. The van der Waals surface area contributed by atoms with Gasteiger partial charge in [-0.15, -0.1) is 0 Å². The molecule has 0 aromatic carbocycles. The van der Waals surface area contributed by atoms with E-state index < -0.39 is 22.0 Å². The minimum Gasteiger partial charge on any atom is -0.506 e. The number of fused-ring (bicyclic) bond motifs is 1. The van der Waals surface area contributed by atoms with Crippen molar-refractivity contribution in [2.45, 2.75) is 0 Å². The molecule has 0 aromatic rings. The Morgan fingerprint density at radius 3 is 2.59 bits per heavy atom. The van der Waals surface area contributed by atoms with Gasteiger partial charge in [-0.25, -0.2) is 4.79 Å². The first kappa shape index (κ1) is 11.2. The summed E-state index contributed by atoms with van der Waals surface area (Å²) in [5, 5.41) is 18.5. The standard InChI is InChI=1S/C10H7NO5S/c12-9-6-2-1-5(17(15)16)3-8(6)11-4-7(9)10(13)14/h1-4,11-12H,(H,13,14). The van der Waals surface area contributed by atoms with Gasteiger partial charge in [0.1, 0.15) is 11.3 Å². The number of rotatable bonds is 1. The van der Waals surface area contributed by atoms with Crippen LogP contribution < -0.4 is 0 Å². The third-order valence-corrected chi connectivity index (χ3v) is 2.93. The molecule has 0 radical (unpaired) electrons. The molecule has 0 saturated carbocycles. The van der Waals surface area contributed by atoms with Gasteiger partial charge < -0.3 is 15.2 Å². The predicted molar refractivity (Wildman–Crippen MR) is 58.2 cm³/mol. The molecule has 1 aliphatic heterocycles. The summed E-state index contributed by atoms with van der Waals surface area (Å²) in [4.78, 5) is 13.4. The Bertz CT molecular complexity index is 736. The number of H-pyrrole nitrogens is 1. The van der Waals surface area contributed by atoms with Gasteiger partial charge in [-0.1, -0.05) is 0 Å². The van der Waals surface area contributed by atoms with Crippen molar-refractivity contribution in [1.82, 2.24) is 4.98 Å². The molecule has 17 heavy (non-hydrogen) atoms. The number of hydrogen-bond donors (Lipinski definition) is 3. The van der Waals surface area contributed by atoms with E-state index in [1.165, 1.54) is 18.2 Å². The lowest BCUT2D eigenvalue weighted by atomic mass is 10.1. The molecule has 1 aliphatic carbocycles. The lowest BCUT2D eigenvalue weighted by Gasteiger charge is -2.09. The van der Waals surface area contributed by atoms with Gasteiger partial charge in [-0.2, -0.15) is 8.42 Å². The second kappa shape index (κ2) is 3.95. The fraction of sp³-hybridized carbons (Fsp3) is 0. The minimum absolute atomic E-state index is 0.0521. The van der Waals surface area contributed by atoms with Gasteiger partial charge >= 0.3 is 5.97 Å². The van der Waals surface area contributed by atoms with Crippen molar-refractivity contribution in [3.05, 3.63) is 34.5 Å². The fourth-order valence-electron chi connectivity index (χ4n) is 1.48. The van der Waals surface area contributed by atoms with E-state index in [0.717, 1.165) is 6.20 Å². The summed E-state index contributed by atoms with van der Waals surface area (Å²) in [7, 11) is -2.37. The Hall–Kier alpha value is -2.28. The average molecular weight is 253 g/mol. The van der Waals surface area contributed by atoms with E-state index in [9.17, 15) is 18.3 Å². The van der Waals surface area contributed by atoms with Gasteiger partial charge in [-0.3, -0.25) is 0 Å². The molecule has 0 amide bonds. The summed E-state index contributed by atoms with van der Waals surface area (Å²) in [6.45, 7) is 0. The number of hydrogen-bond acceptors (Lipinski definition) is 4. The molecule has 7 heteroatoms. The summed E-state index contributed by atoms with van der Waals surface area (Å²) in [6.07, 6.45) is 1.11. The molecule has 2 aliphatic rings. The molecule has 88 valence electrons. The van der Waals surface area contributed by atoms with Crippen LogP contribution >= 0.6 is 0 Å². The lowest BCUT2D eigenvalue weighted by molar-refractivity contribution is 0.0693. The van der Waals surface area contributed by atoms with Crippen LogP contribution in [0.5, 0.6) is 5.75 Å². The SMILES string of the molecule is O=C(O)c1c[nH]c2cc(=S(=O)=O)ccc-2c1O. The number of carbonyl (C=O) groups is 1. The van der Waals surface area contributed by atoms with Crippen LogP contribution in [-0.4, -0.2) is 29.6 Å². The second-order valence-corrected chi connectivity index (χ2v) is 4.24. The Balaban J connectivity index is 2.88. The van der Waals surface area contributed by atoms with Gasteiger partial charge in [0.2, 0.25) is 10.3 Å². The zero-order valence-electron chi connectivity index (χ0n) is 8.34. The molecule has 0 bridgehead atoms. The summed E-state index contributed by atoms with van der Waals surface area (Å²) in [5.41, 5.74) is 0.321. The van der Waals surface area contributed by atoms with E-state index in [4.69, 9.17) is 5.11 Å². The van der Waals surface area contributed by atoms with E-state index in [1.807, 2.05) is 0 Å². The number of aromatic nitrogens is 1. The van der Waals surface area contributed by atoms with Crippen LogP contribution in [0.1, 0.15) is 10.4 Å². The van der Waals surface area contributed by atoms with Crippen molar-refractivity contribution in [2.24, 2.45) is 0 Å². The maximum absolute atomic E-state index is 10.8. The van der Waals surface area contributed by atoms with E-state index in [-0.39, 0.29) is 15.6 Å². The van der Waals surface area contributed by atoms with Crippen LogP contribution in [0.4, 0.5) is 0 Å². The molecule has 3 N–H and O–H groups in total. The zero-order valence-corrected chi connectivity index (χ0v) is 9.15. The number of carboxylic acids is 1. The Kier molecular flexibility index (Phi) is 2.60. The number of aromatic hydroxyl groups is 1. The quantitative estimate of drug-likeness (QED) is 0.655. The molecule has 0 spiro atoms. The van der Waals surface area contributed by atoms with E-state index in [2.05, 4.69) is 4.98 Å².